The molecule has 2 nitrogen and oxygen atoms in total. The van der Waals surface area contributed by atoms with E-state index < -0.39 is 0 Å². The molecule has 1 aromatic rings. The summed E-state index contributed by atoms with van der Waals surface area (Å²) in [7, 11) is 2.22. The van der Waals surface area contributed by atoms with Crippen LogP contribution in [0.25, 0.3) is 0 Å². The van der Waals surface area contributed by atoms with Crippen molar-refractivity contribution in [2.75, 3.05) is 20.1 Å². The van der Waals surface area contributed by atoms with E-state index in [-0.39, 0.29) is 0 Å². The summed E-state index contributed by atoms with van der Waals surface area (Å²) in [6.07, 6.45) is 2.43. The van der Waals surface area contributed by atoms with Crippen molar-refractivity contribution in [3.05, 3.63) is 35.4 Å². The van der Waals surface area contributed by atoms with Crippen molar-refractivity contribution < 1.29 is 0 Å². The first kappa shape index (κ1) is 15.2. The van der Waals surface area contributed by atoms with Crippen LogP contribution in [-0.4, -0.2) is 31.1 Å². The van der Waals surface area contributed by atoms with Crippen LogP contribution >= 0.6 is 0 Å². The van der Waals surface area contributed by atoms with Crippen LogP contribution in [-0.2, 0) is 6.54 Å². The van der Waals surface area contributed by atoms with Crippen molar-refractivity contribution in [2.45, 2.75) is 46.2 Å². The number of benzene rings is 1. The van der Waals surface area contributed by atoms with Crippen molar-refractivity contribution >= 4 is 0 Å². The molecule has 0 aromatic heterocycles. The van der Waals surface area contributed by atoms with Crippen LogP contribution < -0.4 is 5.32 Å². The van der Waals surface area contributed by atoms with Crippen LogP contribution in [0.3, 0.4) is 0 Å². The zero-order chi connectivity index (χ0) is 13.4. The number of rotatable bonds is 8. The Morgan fingerprint density at radius 2 is 1.94 bits per heavy atom. The van der Waals surface area contributed by atoms with Crippen LogP contribution in [0, 0.1) is 6.92 Å². The lowest BCUT2D eigenvalue weighted by Gasteiger charge is -2.25. The highest BCUT2D eigenvalue weighted by molar-refractivity contribution is 5.25. The van der Waals surface area contributed by atoms with E-state index >= 15 is 0 Å². The molecule has 0 aliphatic carbocycles. The molecule has 0 aliphatic heterocycles. The molecule has 2 heteroatoms. The van der Waals surface area contributed by atoms with Crippen molar-refractivity contribution in [3.63, 3.8) is 0 Å². The van der Waals surface area contributed by atoms with Gasteiger partial charge < -0.3 is 5.32 Å². The number of hydrogen-bond acceptors (Lipinski definition) is 2. The average Bonchev–Trinajstić information content (AvgIpc) is 2.37. The molecule has 1 rings (SSSR count). The van der Waals surface area contributed by atoms with Gasteiger partial charge in [0.05, 0.1) is 0 Å². The van der Waals surface area contributed by atoms with Gasteiger partial charge in [-0.2, -0.15) is 0 Å². The molecule has 0 saturated carbocycles. The number of nitrogens with one attached hydrogen (secondary N) is 1. The second kappa shape index (κ2) is 8.28. The second-order valence-corrected chi connectivity index (χ2v) is 5.23. The van der Waals surface area contributed by atoms with Gasteiger partial charge in [-0.15, -0.1) is 0 Å². The predicted octanol–water partition coefficient (Wildman–Crippen LogP) is 3.21. The summed E-state index contributed by atoms with van der Waals surface area (Å²) < 4.78 is 0. The van der Waals surface area contributed by atoms with Gasteiger partial charge in [0, 0.05) is 12.6 Å². The van der Waals surface area contributed by atoms with Crippen LogP contribution in [0.5, 0.6) is 0 Å². The molecule has 18 heavy (non-hydrogen) atoms. The topological polar surface area (TPSA) is 15.3 Å². The molecule has 0 bridgehead atoms. The Labute approximate surface area is 112 Å². The fraction of sp³-hybridized carbons (Fsp3) is 0.625. The zero-order valence-corrected chi connectivity index (χ0v) is 12.4. The van der Waals surface area contributed by atoms with E-state index in [4.69, 9.17) is 0 Å². The lowest BCUT2D eigenvalue weighted by Crippen LogP contribution is -2.32. The predicted molar refractivity (Wildman–Crippen MR) is 79.9 cm³/mol. The standard InChI is InChI=1S/C16H28N2/c1-5-11-17-12-10-15(3)18(4)13-16-9-7-6-8-14(16)2/h6-9,15,17H,5,10-13H2,1-4H3. The SMILES string of the molecule is CCCNCCC(C)N(C)Cc1ccccc1C. The van der Waals surface area contributed by atoms with E-state index in [2.05, 4.69) is 62.3 Å². The zero-order valence-electron chi connectivity index (χ0n) is 12.4. The second-order valence-electron chi connectivity index (χ2n) is 5.23. The lowest BCUT2D eigenvalue weighted by molar-refractivity contribution is 0.236. The van der Waals surface area contributed by atoms with Gasteiger partial charge in [-0.1, -0.05) is 31.2 Å². The third kappa shape index (κ3) is 5.19. The minimum atomic E-state index is 0.619. The largest absolute Gasteiger partial charge is 0.317 e. The highest BCUT2D eigenvalue weighted by Crippen LogP contribution is 2.12. The molecule has 0 amide bonds. The van der Waals surface area contributed by atoms with Crippen molar-refractivity contribution in [1.29, 1.82) is 0 Å². The molecule has 1 atom stereocenters. The average molecular weight is 248 g/mol. The maximum Gasteiger partial charge on any atom is 0.0236 e. The van der Waals surface area contributed by atoms with E-state index in [0.717, 1.165) is 19.6 Å². The van der Waals surface area contributed by atoms with E-state index in [0.29, 0.717) is 6.04 Å². The first-order chi connectivity index (χ1) is 8.65. The molecule has 1 aromatic carbocycles. The Morgan fingerprint density at radius 3 is 2.61 bits per heavy atom. The first-order valence-electron chi connectivity index (χ1n) is 7.10. The number of aryl methyl sites for hydroxylation is 1. The molecular weight excluding hydrogens is 220 g/mol. The lowest BCUT2D eigenvalue weighted by atomic mass is 10.1. The summed E-state index contributed by atoms with van der Waals surface area (Å²) in [5, 5.41) is 3.47. The molecule has 0 aliphatic rings. The highest BCUT2D eigenvalue weighted by Gasteiger charge is 2.10. The van der Waals surface area contributed by atoms with E-state index in [9.17, 15) is 0 Å². The van der Waals surface area contributed by atoms with Crippen molar-refractivity contribution in [1.82, 2.24) is 10.2 Å². The number of nitrogens with zero attached hydrogens (tertiary/aromatic N) is 1. The molecule has 1 N–H and O–H groups in total. The third-order valence-corrected chi connectivity index (χ3v) is 3.60. The number of hydrogen-bond donors (Lipinski definition) is 1. The van der Waals surface area contributed by atoms with Gasteiger partial charge >= 0.3 is 0 Å². The highest BCUT2D eigenvalue weighted by atomic mass is 15.1. The van der Waals surface area contributed by atoms with Crippen molar-refractivity contribution in [3.8, 4) is 0 Å². The first-order valence-corrected chi connectivity index (χ1v) is 7.10. The fourth-order valence-electron chi connectivity index (χ4n) is 2.05. The Morgan fingerprint density at radius 1 is 1.22 bits per heavy atom. The maximum absolute atomic E-state index is 3.47. The van der Waals surface area contributed by atoms with Gasteiger partial charge in [0.25, 0.3) is 0 Å². The van der Waals surface area contributed by atoms with Crippen LogP contribution in [0.1, 0.15) is 37.8 Å². The molecular formula is C16H28N2. The van der Waals surface area contributed by atoms with Gasteiger partial charge in [-0.25, -0.2) is 0 Å². The minimum absolute atomic E-state index is 0.619. The summed E-state index contributed by atoms with van der Waals surface area (Å²) in [6, 6.07) is 9.28. The van der Waals surface area contributed by atoms with Crippen molar-refractivity contribution in [2.24, 2.45) is 0 Å². The normalized spacial score (nSPS) is 12.9. The van der Waals surface area contributed by atoms with Crippen LogP contribution in [0.15, 0.2) is 24.3 Å². The van der Waals surface area contributed by atoms with E-state index in [1.807, 2.05) is 0 Å². The van der Waals surface area contributed by atoms with Gasteiger partial charge in [-0.3, -0.25) is 4.90 Å². The van der Waals surface area contributed by atoms with Gasteiger partial charge in [0.15, 0.2) is 0 Å². The fourth-order valence-corrected chi connectivity index (χ4v) is 2.05. The Bertz CT molecular complexity index is 336. The maximum atomic E-state index is 3.47. The Hall–Kier alpha value is -0.860. The molecule has 0 saturated heterocycles. The van der Waals surface area contributed by atoms with Gasteiger partial charge in [-0.05, 0) is 58.0 Å². The summed E-state index contributed by atoms with van der Waals surface area (Å²) in [6.45, 7) is 10.0. The van der Waals surface area contributed by atoms with Gasteiger partial charge in [0.2, 0.25) is 0 Å². The Kier molecular flexibility index (Phi) is 6.99. The molecule has 0 heterocycles. The van der Waals surface area contributed by atoms with Crippen LogP contribution in [0.2, 0.25) is 0 Å². The summed E-state index contributed by atoms with van der Waals surface area (Å²) in [4.78, 5) is 2.44. The quantitative estimate of drug-likeness (QED) is 0.711. The monoisotopic (exact) mass is 248 g/mol. The van der Waals surface area contributed by atoms with E-state index in [1.54, 1.807) is 0 Å². The molecule has 1 unspecified atom stereocenters. The smallest absolute Gasteiger partial charge is 0.0236 e. The summed E-state index contributed by atoms with van der Waals surface area (Å²) >= 11 is 0. The molecule has 0 spiro atoms. The molecule has 102 valence electrons. The minimum Gasteiger partial charge on any atom is -0.317 e. The van der Waals surface area contributed by atoms with Gasteiger partial charge in [0.1, 0.15) is 0 Å². The molecule has 0 radical (unpaired) electrons. The summed E-state index contributed by atoms with van der Waals surface area (Å²) in [5.74, 6) is 0. The van der Waals surface area contributed by atoms with Crippen LogP contribution in [0.4, 0.5) is 0 Å². The Balaban J connectivity index is 2.35. The molecule has 0 fully saturated rings. The van der Waals surface area contributed by atoms with E-state index in [1.165, 1.54) is 24.0 Å². The summed E-state index contributed by atoms with van der Waals surface area (Å²) in [5.41, 5.74) is 2.83. The third-order valence-electron chi connectivity index (χ3n) is 3.60.